The van der Waals surface area contributed by atoms with E-state index in [1.54, 1.807) is 4.90 Å². The van der Waals surface area contributed by atoms with Crippen LogP contribution < -0.4 is 19.1 Å². The molecule has 1 amide bonds. The zero-order chi connectivity index (χ0) is 18.9. The van der Waals surface area contributed by atoms with Crippen LogP contribution >= 0.6 is 0 Å². The van der Waals surface area contributed by atoms with Gasteiger partial charge in [0.05, 0.1) is 6.54 Å². The average Bonchev–Trinajstić information content (AvgIpc) is 3.45. The quantitative estimate of drug-likeness (QED) is 0.686. The monoisotopic (exact) mass is 375 g/mol. The summed E-state index contributed by atoms with van der Waals surface area (Å²) in [4.78, 5) is 15.6. The number of nitrogens with zero attached hydrogens (tertiary/aromatic N) is 1. The topological polar surface area (TPSA) is 61.1 Å². The maximum atomic E-state index is 13.8. The van der Waals surface area contributed by atoms with E-state index < -0.39 is 5.41 Å². The standard InChI is InChI=1S/C22H17NO5/c1-13-6-7-14(28-13)10-23-17-5-3-2-4-15(17)22(21(23)24)11-25-18-9-20-19(8-16(18)22)26-12-27-20/h2-9H,10-12H2,1H3/t22-/m0/s1. The zero-order valence-electron chi connectivity index (χ0n) is 15.2. The van der Waals surface area contributed by atoms with Gasteiger partial charge in [0.2, 0.25) is 12.7 Å². The number of hydrogen-bond donors (Lipinski definition) is 0. The van der Waals surface area contributed by atoms with Gasteiger partial charge in [-0.25, -0.2) is 0 Å². The van der Waals surface area contributed by atoms with Crippen molar-refractivity contribution in [3.8, 4) is 17.2 Å². The maximum absolute atomic E-state index is 13.8. The number of aryl methyl sites for hydroxylation is 1. The molecule has 6 rings (SSSR count). The molecule has 3 aliphatic heterocycles. The minimum Gasteiger partial charge on any atom is -0.491 e. The van der Waals surface area contributed by atoms with Crippen LogP contribution in [-0.2, 0) is 16.8 Å². The molecule has 0 unspecified atom stereocenters. The summed E-state index contributed by atoms with van der Waals surface area (Å²) in [6, 6.07) is 15.4. The Bertz CT molecular complexity index is 1130. The number of carbonyl (C=O) groups excluding carboxylic acids is 1. The van der Waals surface area contributed by atoms with Crippen molar-refractivity contribution in [2.75, 3.05) is 18.3 Å². The van der Waals surface area contributed by atoms with E-state index in [9.17, 15) is 4.79 Å². The molecule has 3 aliphatic rings. The van der Waals surface area contributed by atoms with Gasteiger partial charge in [-0.05, 0) is 36.8 Å². The van der Waals surface area contributed by atoms with Gasteiger partial charge in [-0.3, -0.25) is 4.79 Å². The minimum absolute atomic E-state index is 0.0135. The summed E-state index contributed by atoms with van der Waals surface area (Å²) < 4.78 is 22.7. The molecular formula is C22H17NO5. The van der Waals surface area contributed by atoms with Gasteiger partial charge in [-0.15, -0.1) is 0 Å². The molecule has 3 aromatic rings. The Balaban J connectivity index is 1.51. The first kappa shape index (κ1) is 15.6. The molecule has 0 saturated carbocycles. The van der Waals surface area contributed by atoms with E-state index in [2.05, 4.69) is 0 Å². The summed E-state index contributed by atoms with van der Waals surface area (Å²) in [6.45, 7) is 2.72. The number of benzene rings is 2. The molecule has 28 heavy (non-hydrogen) atoms. The molecule has 0 fully saturated rings. The SMILES string of the molecule is Cc1ccc(CN2C(=O)[C@@]3(COc4cc5c(cc43)OCO5)c3ccccc32)o1. The van der Waals surface area contributed by atoms with E-state index in [1.807, 2.05) is 55.5 Å². The molecule has 1 aromatic heterocycles. The van der Waals surface area contributed by atoms with E-state index in [0.717, 1.165) is 28.3 Å². The number of amides is 1. The van der Waals surface area contributed by atoms with Crippen molar-refractivity contribution < 1.29 is 23.4 Å². The highest BCUT2D eigenvalue weighted by atomic mass is 16.7. The second-order valence-electron chi connectivity index (χ2n) is 7.32. The highest BCUT2D eigenvalue weighted by Crippen LogP contribution is 2.55. The van der Waals surface area contributed by atoms with Crippen LogP contribution in [0.2, 0.25) is 0 Å². The molecule has 0 N–H and O–H groups in total. The fourth-order valence-corrected chi connectivity index (χ4v) is 4.45. The van der Waals surface area contributed by atoms with E-state index >= 15 is 0 Å². The lowest BCUT2D eigenvalue weighted by atomic mass is 9.77. The van der Waals surface area contributed by atoms with Crippen molar-refractivity contribution in [3.05, 3.63) is 71.2 Å². The second kappa shape index (κ2) is 5.32. The molecule has 4 heterocycles. The van der Waals surface area contributed by atoms with Crippen molar-refractivity contribution in [3.63, 3.8) is 0 Å². The van der Waals surface area contributed by atoms with Gasteiger partial charge >= 0.3 is 0 Å². The highest BCUT2D eigenvalue weighted by molar-refractivity contribution is 6.11. The average molecular weight is 375 g/mol. The van der Waals surface area contributed by atoms with Crippen LogP contribution in [0, 0.1) is 6.92 Å². The van der Waals surface area contributed by atoms with Gasteiger partial charge in [-0.2, -0.15) is 0 Å². The summed E-state index contributed by atoms with van der Waals surface area (Å²) in [7, 11) is 0. The molecule has 0 aliphatic carbocycles. The predicted molar refractivity (Wildman–Crippen MR) is 99.9 cm³/mol. The van der Waals surface area contributed by atoms with Crippen molar-refractivity contribution in [2.24, 2.45) is 0 Å². The zero-order valence-corrected chi connectivity index (χ0v) is 15.2. The highest BCUT2D eigenvalue weighted by Gasteiger charge is 2.57. The van der Waals surface area contributed by atoms with Crippen LogP contribution in [0.3, 0.4) is 0 Å². The minimum atomic E-state index is -0.880. The lowest BCUT2D eigenvalue weighted by Gasteiger charge is -2.22. The van der Waals surface area contributed by atoms with Crippen molar-refractivity contribution in [2.45, 2.75) is 18.9 Å². The lowest BCUT2D eigenvalue weighted by molar-refractivity contribution is -0.122. The number of anilines is 1. The molecule has 0 saturated heterocycles. The number of hydrogen-bond acceptors (Lipinski definition) is 5. The first-order valence-electron chi connectivity index (χ1n) is 9.20. The number of ether oxygens (including phenoxy) is 3. The third-order valence-electron chi connectivity index (χ3n) is 5.75. The van der Waals surface area contributed by atoms with Crippen LogP contribution in [0.1, 0.15) is 22.6 Å². The molecule has 1 atom stereocenters. The Morgan fingerprint density at radius 2 is 1.79 bits per heavy atom. The van der Waals surface area contributed by atoms with E-state index in [4.69, 9.17) is 18.6 Å². The Kier molecular flexibility index (Phi) is 2.97. The van der Waals surface area contributed by atoms with Gasteiger partial charge in [0.15, 0.2) is 11.5 Å². The van der Waals surface area contributed by atoms with Crippen molar-refractivity contribution in [1.82, 2.24) is 0 Å². The Labute approximate surface area is 161 Å². The smallest absolute Gasteiger partial charge is 0.246 e. The number of rotatable bonds is 2. The molecule has 2 aromatic carbocycles. The summed E-state index contributed by atoms with van der Waals surface area (Å²) in [6.07, 6.45) is 0. The van der Waals surface area contributed by atoms with Crippen LogP contribution in [-0.4, -0.2) is 19.3 Å². The van der Waals surface area contributed by atoms with Gasteiger partial charge in [-0.1, -0.05) is 18.2 Å². The summed E-state index contributed by atoms with van der Waals surface area (Å²) in [5.41, 5.74) is 1.78. The fraction of sp³-hybridized carbons (Fsp3) is 0.227. The molecule has 6 heteroatoms. The van der Waals surface area contributed by atoms with Gasteiger partial charge in [0.25, 0.3) is 0 Å². The Morgan fingerprint density at radius 1 is 0.964 bits per heavy atom. The third kappa shape index (κ3) is 1.89. The van der Waals surface area contributed by atoms with E-state index in [-0.39, 0.29) is 19.3 Å². The van der Waals surface area contributed by atoms with Crippen molar-refractivity contribution in [1.29, 1.82) is 0 Å². The third-order valence-corrected chi connectivity index (χ3v) is 5.75. The van der Waals surface area contributed by atoms with E-state index in [1.165, 1.54) is 0 Å². The predicted octanol–water partition coefficient (Wildman–Crippen LogP) is 3.54. The molecule has 6 nitrogen and oxygen atoms in total. The molecule has 140 valence electrons. The largest absolute Gasteiger partial charge is 0.491 e. The normalized spacial score (nSPS) is 21.2. The lowest BCUT2D eigenvalue weighted by Crippen LogP contribution is -2.42. The van der Waals surface area contributed by atoms with Crippen LogP contribution in [0.5, 0.6) is 17.2 Å². The molecule has 1 spiro atoms. The fourth-order valence-electron chi connectivity index (χ4n) is 4.45. The van der Waals surface area contributed by atoms with Crippen LogP contribution in [0.25, 0.3) is 0 Å². The second-order valence-corrected chi connectivity index (χ2v) is 7.32. The first-order valence-corrected chi connectivity index (χ1v) is 9.20. The summed E-state index contributed by atoms with van der Waals surface area (Å²) in [5.74, 6) is 3.53. The molecular weight excluding hydrogens is 358 g/mol. The Morgan fingerprint density at radius 3 is 2.61 bits per heavy atom. The van der Waals surface area contributed by atoms with Crippen molar-refractivity contribution >= 4 is 11.6 Å². The Hall–Kier alpha value is -3.41. The number of furan rings is 1. The van der Waals surface area contributed by atoms with E-state index in [0.29, 0.717) is 23.8 Å². The first-order chi connectivity index (χ1) is 13.7. The van der Waals surface area contributed by atoms with Crippen LogP contribution in [0.4, 0.5) is 5.69 Å². The molecule has 0 radical (unpaired) electrons. The summed E-state index contributed by atoms with van der Waals surface area (Å²) in [5, 5.41) is 0. The summed E-state index contributed by atoms with van der Waals surface area (Å²) >= 11 is 0. The van der Waals surface area contributed by atoms with Gasteiger partial charge in [0.1, 0.15) is 29.3 Å². The number of carbonyl (C=O) groups is 1. The van der Waals surface area contributed by atoms with Crippen LogP contribution in [0.15, 0.2) is 52.9 Å². The van der Waals surface area contributed by atoms with Gasteiger partial charge in [0, 0.05) is 17.3 Å². The number of fused-ring (bicyclic) bond motifs is 5. The van der Waals surface area contributed by atoms with Gasteiger partial charge < -0.3 is 23.5 Å². The molecule has 0 bridgehead atoms. The maximum Gasteiger partial charge on any atom is 0.246 e. The number of para-hydroxylation sites is 1.